The van der Waals surface area contributed by atoms with Gasteiger partial charge in [-0.3, -0.25) is 9.48 Å². The predicted molar refractivity (Wildman–Crippen MR) is 72.1 cm³/mol. The molecule has 1 saturated heterocycles. The summed E-state index contributed by atoms with van der Waals surface area (Å²) in [5, 5.41) is 4.00. The standard InChI is InChI=1S/C12H17N3O3S/c1-14-8-10(7-13-14)3-4-12(16)15(2)11-5-6-19(17,18)9-11/h3-4,7-8,11H,5-6,9H2,1-2H3. The number of carbonyl (C=O) groups is 1. The molecule has 1 aromatic heterocycles. The Morgan fingerprint density at radius 3 is 2.84 bits per heavy atom. The van der Waals surface area contributed by atoms with E-state index in [1.54, 1.807) is 37.2 Å². The summed E-state index contributed by atoms with van der Waals surface area (Å²) in [6.07, 6.45) is 7.09. The van der Waals surface area contributed by atoms with E-state index in [0.717, 1.165) is 5.56 Å². The molecule has 2 heterocycles. The van der Waals surface area contributed by atoms with Crippen molar-refractivity contribution in [2.24, 2.45) is 7.05 Å². The molecule has 0 spiro atoms. The molecule has 1 aromatic rings. The minimum absolute atomic E-state index is 0.0654. The molecule has 104 valence electrons. The van der Waals surface area contributed by atoms with E-state index in [1.807, 2.05) is 0 Å². The third-order valence-corrected chi connectivity index (χ3v) is 5.00. The maximum Gasteiger partial charge on any atom is 0.246 e. The number of aromatic nitrogens is 2. The molecular weight excluding hydrogens is 266 g/mol. The van der Waals surface area contributed by atoms with Gasteiger partial charge < -0.3 is 4.90 Å². The second-order valence-electron chi connectivity index (χ2n) is 4.79. The monoisotopic (exact) mass is 283 g/mol. The van der Waals surface area contributed by atoms with Crippen LogP contribution in [0.25, 0.3) is 6.08 Å². The SMILES string of the molecule is CN(C(=O)C=Cc1cnn(C)c1)C1CCS(=O)(=O)C1. The van der Waals surface area contributed by atoms with Crippen molar-refractivity contribution in [3.05, 3.63) is 24.0 Å². The normalized spacial score (nSPS) is 21.9. The van der Waals surface area contributed by atoms with E-state index >= 15 is 0 Å². The first kappa shape index (κ1) is 13.8. The van der Waals surface area contributed by atoms with Gasteiger partial charge in [0.25, 0.3) is 0 Å². The lowest BCUT2D eigenvalue weighted by Crippen LogP contribution is -2.36. The van der Waals surface area contributed by atoms with Gasteiger partial charge in [-0.2, -0.15) is 5.10 Å². The molecule has 0 saturated carbocycles. The van der Waals surface area contributed by atoms with Crippen LogP contribution in [0.2, 0.25) is 0 Å². The van der Waals surface area contributed by atoms with E-state index in [2.05, 4.69) is 5.10 Å². The van der Waals surface area contributed by atoms with Crippen LogP contribution in [0.15, 0.2) is 18.5 Å². The molecule has 1 amide bonds. The second-order valence-corrected chi connectivity index (χ2v) is 7.02. The fourth-order valence-corrected chi connectivity index (χ4v) is 3.85. The number of hydrogen-bond acceptors (Lipinski definition) is 4. The number of carbonyl (C=O) groups excluding carboxylic acids is 1. The van der Waals surface area contributed by atoms with Crippen molar-refractivity contribution in [3.8, 4) is 0 Å². The van der Waals surface area contributed by atoms with Crippen LogP contribution >= 0.6 is 0 Å². The van der Waals surface area contributed by atoms with Crippen LogP contribution in [-0.4, -0.2) is 53.6 Å². The van der Waals surface area contributed by atoms with Crippen LogP contribution < -0.4 is 0 Å². The molecule has 19 heavy (non-hydrogen) atoms. The van der Waals surface area contributed by atoms with Gasteiger partial charge in [0, 0.05) is 38.0 Å². The van der Waals surface area contributed by atoms with Gasteiger partial charge in [0.05, 0.1) is 17.7 Å². The number of sulfone groups is 1. The fourth-order valence-electron chi connectivity index (χ4n) is 2.07. The number of likely N-dealkylation sites (N-methyl/N-ethyl adjacent to an activating group) is 1. The third-order valence-electron chi connectivity index (χ3n) is 3.25. The zero-order valence-electron chi connectivity index (χ0n) is 11.0. The van der Waals surface area contributed by atoms with Gasteiger partial charge >= 0.3 is 0 Å². The summed E-state index contributed by atoms with van der Waals surface area (Å²) in [7, 11) is 0.471. The van der Waals surface area contributed by atoms with Crippen LogP contribution in [-0.2, 0) is 21.7 Å². The minimum atomic E-state index is -2.97. The molecule has 0 aromatic carbocycles. The number of rotatable bonds is 3. The van der Waals surface area contributed by atoms with Crippen LogP contribution in [0.3, 0.4) is 0 Å². The van der Waals surface area contributed by atoms with Crippen molar-refractivity contribution in [1.82, 2.24) is 14.7 Å². The largest absolute Gasteiger partial charge is 0.338 e. The second kappa shape index (κ2) is 5.16. The summed E-state index contributed by atoms with van der Waals surface area (Å²) in [4.78, 5) is 13.4. The van der Waals surface area contributed by atoms with E-state index < -0.39 is 9.84 Å². The number of nitrogens with zero attached hydrogens (tertiary/aromatic N) is 3. The van der Waals surface area contributed by atoms with Gasteiger partial charge in [0.2, 0.25) is 5.91 Å². The number of amides is 1. The fraction of sp³-hybridized carbons (Fsp3) is 0.500. The Kier molecular flexibility index (Phi) is 3.75. The highest BCUT2D eigenvalue weighted by Gasteiger charge is 2.31. The lowest BCUT2D eigenvalue weighted by atomic mass is 10.2. The molecule has 0 N–H and O–H groups in total. The summed E-state index contributed by atoms with van der Waals surface area (Å²) in [5.41, 5.74) is 0.836. The predicted octanol–water partition coefficient (Wildman–Crippen LogP) is 0.0788. The maximum absolute atomic E-state index is 11.9. The molecule has 6 nitrogen and oxygen atoms in total. The zero-order valence-corrected chi connectivity index (χ0v) is 11.8. The first-order valence-electron chi connectivity index (χ1n) is 6.01. The Morgan fingerprint density at radius 2 is 2.32 bits per heavy atom. The van der Waals surface area contributed by atoms with Gasteiger partial charge in [-0.15, -0.1) is 0 Å². The van der Waals surface area contributed by atoms with E-state index in [4.69, 9.17) is 0 Å². The van der Waals surface area contributed by atoms with Crippen molar-refractivity contribution in [3.63, 3.8) is 0 Å². The Labute approximate surface area is 112 Å². The molecule has 0 radical (unpaired) electrons. The lowest BCUT2D eigenvalue weighted by Gasteiger charge is -2.21. The van der Waals surface area contributed by atoms with Gasteiger partial charge in [-0.1, -0.05) is 0 Å². The highest BCUT2D eigenvalue weighted by molar-refractivity contribution is 7.91. The van der Waals surface area contributed by atoms with E-state index in [0.29, 0.717) is 6.42 Å². The molecule has 1 aliphatic heterocycles. The summed E-state index contributed by atoms with van der Waals surface area (Å²) in [6, 6.07) is -0.212. The molecule has 1 aliphatic rings. The Bertz CT molecular complexity index is 603. The Hall–Kier alpha value is -1.63. The first-order chi connectivity index (χ1) is 8.87. The lowest BCUT2D eigenvalue weighted by molar-refractivity contribution is -0.126. The highest BCUT2D eigenvalue weighted by atomic mass is 32.2. The van der Waals surface area contributed by atoms with E-state index in [1.165, 1.54) is 11.0 Å². The number of aryl methyl sites for hydroxylation is 1. The molecule has 2 rings (SSSR count). The van der Waals surface area contributed by atoms with E-state index in [9.17, 15) is 13.2 Å². The Balaban J connectivity index is 1.98. The average molecular weight is 283 g/mol. The molecule has 1 atom stereocenters. The molecule has 1 unspecified atom stereocenters. The van der Waals surface area contributed by atoms with Crippen LogP contribution in [0.1, 0.15) is 12.0 Å². The first-order valence-corrected chi connectivity index (χ1v) is 7.83. The minimum Gasteiger partial charge on any atom is -0.338 e. The summed E-state index contributed by atoms with van der Waals surface area (Å²) < 4.78 is 24.4. The van der Waals surface area contributed by atoms with Gasteiger partial charge in [-0.05, 0) is 12.5 Å². The van der Waals surface area contributed by atoms with Crippen LogP contribution in [0.4, 0.5) is 0 Å². The van der Waals surface area contributed by atoms with Crippen LogP contribution in [0.5, 0.6) is 0 Å². The van der Waals surface area contributed by atoms with Gasteiger partial charge in [0.15, 0.2) is 9.84 Å². The molecule has 0 bridgehead atoms. The van der Waals surface area contributed by atoms with Crippen molar-refractivity contribution in [2.45, 2.75) is 12.5 Å². The summed E-state index contributed by atoms with van der Waals surface area (Å²) in [5.74, 6) is 0.0448. The summed E-state index contributed by atoms with van der Waals surface area (Å²) >= 11 is 0. The van der Waals surface area contributed by atoms with Gasteiger partial charge in [-0.25, -0.2) is 8.42 Å². The van der Waals surface area contributed by atoms with Crippen molar-refractivity contribution in [2.75, 3.05) is 18.6 Å². The van der Waals surface area contributed by atoms with Crippen molar-refractivity contribution < 1.29 is 13.2 Å². The third kappa shape index (κ3) is 3.44. The van der Waals surface area contributed by atoms with E-state index in [-0.39, 0.29) is 23.5 Å². The van der Waals surface area contributed by atoms with Crippen molar-refractivity contribution in [1.29, 1.82) is 0 Å². The number of hydrogen-bond donors (Lipinski definition) is 0. The average Bonchev–Trinajstić information content (AvgIpc) is 2.91. The van der Waals surface area contributed by atoms with Crippen LogP contribution in [0, 0.1) is 0 Å². The quantitative estimate of drug-likeness (QED) is 0.736. The topological polar surface area (TPSA) is 72.3 Å². The summed E-state index contributed by atoms with van der Waals surface area (Å²) in [6.45, 7) is 0. The molecule has 1 fully saturated rings. The van der Waals surface area contributed by atoms with Crippen molar-refractivity contribution >= 4 is 21.8 Å². The maximum atomic E-state index is 11.9. The molecule has 0 aliphatic carbocycles. The van der Waals surface area contributed by atoms with Gasteiger partial charge in [0.1, 0.15) is 0 Å². The molecular formula is C12H17N3O3S. The zero-order chi connectivity index (χ0) is 14.0. The molecule has 7 heteroatoms. The highest BCUT2D eigenvalue weighted by Crippen LogP contribution is 2.16. The smallest absolute Gasteiger partial charge is 0.246 e. The Morgan fingerprint density at radius 1 is 1.58 bits per heavy atom.